The molecule has 5 heteroatoms. The van der Waals surface area contributed by atoms with Crippen LogP contribution in [0.1, 0.15) is 37.7 Å². The van der Waals surface area contributed by atoms with Crippen LogP contribution in [0, 0.1) is 24.7 Å². The van der Waals surface area contributed by atoms with Crippen molar-refractivity contribution in [1.82, 2.24) is 10.9 Å². The number of fused-ring (bicyclic) bond motifs is 2. The van der Waals surface area contributed by atoms with Gasteiger partial charge in [0.25, 0.3) is 5.91 Å². The van der Waals surface area contributed by atoms with Gasteiger partial charge in [-0.15, -0.1) is 0 Å². The average molecular weight is 316 g/mol. The maximum absolute atomic E-state index is 11.9. The summed E-state index contributed by atoms with van der Waals surface area (Å²) in [5.74, 6) is 2.23. The van der Waals surface area contributed by atoms with Crippen LogP contribution in [0.3, 0.4) is 0 Å². The van der Waals surface area contributed by atoms with Crippen molar-refractivity contribution >= 4 is 11.8 Å². The monoisotopic (exact) mass is 316 g/mol. The number of hydrazine groups is 1. The second-order valence-corrected chi connectivity index (χ2v) is 6.84. The van der Waals surface area contributed by atoms with E-state index in [1.54, 1.807) is 6.07 Å². The van der Waals surface area contributed by atoms with E-state index in [4.69, 9.17) is 4.74 Å². The second kappa shape index (κ2) is 7.02. The number of ether oxygens (including phenoxy) is 1. The number of rotatable bonds is 5. The van der Waals surface area contributed by atoms with E-state index in [0.717, 1.165) is 11.5 Å². The van der Waals surface area contributed by atoms with Crippen molar-refractivity contribution in [3.05, 3.63) is 29.8 Å². The molecule has 3 unspecified atom stereocenters. The van der Waals surface area contributed by atoms with Crippen LogP contribution in [0.4, 0.5) is 0 Å². The van der Waals surface area contributed by atoms with E-state index in [9.17, 15) is 9.59 Å². The van der Waals surface area contributed by atoms with Crippen LogP contribution in [0.15, 0.2) is 24.3 Å². The Bertz CT molecular complexity index is 587. The zero-order chi connectivity index (χ0) is 16.2. The quantitative estimate of drug-likeness (QED) is 0.819. The molecule has 0 saturated heterocycles. The van der Waals surface area contributed by atoms with Gasteiger partial charge in [0, 0.05) is 6.42 Å². The minimum Gasteiger partial charge on any atom is -0.484 e. The number of amides is 2. The van der Waals surface area contributed by atoms with Gasteiger partial charge in [-0.25, -0.2) is 0 Å². The summed E-state index contributed by atoms with van der Waals surface area (Å²) in [4.78, 5) is 23.7. The van der Waals surface area contributed by atoms with Crippen molar-refractivity contribution in [2.45, 2.75) is 39.0 Å². The van der Waals surface area contributed by atoms with Crippen LogP contribution in [0.2, 0.25) is 0 Å². The maximum atomic E-state index is 11.9. The van der Waals surface area contributed by atoms with Crippen molar-refractivity contribution in [2.75, 3.05) is 6.61 Å². The molecule has 2 amide bonds. The molecule has 0 radical (unpaired) electrons. The minimum atomic E-state index is -0.354. The summed E-state index contributed by atoms with van der Waals surface area (Å²) in [7, 11) is 0. The maximum Gasteiger partial charge on any atom is 0.276 e. The molecule has 0 aromatic heterocycles. The lowest BCUT2D eigenvalue weighted by atomic mass is 9.86. The van der Waals surface area contributed by atoms with Gasteiger partial charge >= 0.3 is 0 Å². The number of hydrogen-bond donors (Lipinski definition) is 2. The molecule has 0 aliphatic heterocycles. The largest absolute Gasteiger partial charge is 0.484 e. The van der Waals surface area contributed by atoms with Crippen LogP contribution in [0.25, 0.3) is 0 Å². The van der Waals surface area contributed by atoms with Crippen LogP contribution in [0.5, 0.6) is 5.75 Å². The molecule has 0 spiro atoms. The lowest BCUT2D eigenvalue weighted by Gasteiger charge is -2.20. The molecule has 2 saturated carbocycles. The fourth-order valence-corrected chi connectivity index (χ4v) is 3.95. The van der Waals surface area contributed by atoms with Gasteiger partial charge in [-0.2, -0.15) is 0 Å². The van der Waals surface area contributed by atoms with E-state index in [-0.39, 0.29) is 18.4 Å². The zero-order valence-electron chi connectivity index (χ0n) is 13.5. The van der Waals surface area contributed by atoms with E-state index in [1.807, 2.05) is 25.1 Å². The Labute approximate surface area is 136 Å². The normalized spacial score (nSPS) is 25.2. The first-order valence-corrected chi connectivity index (χ1v) is 8.37. The first-order chi connectivity index (χ1) is 11.1. The molecule has 2 aliphatic rings. The Hall–Kier alpha value is -2.04. The van der Waals surface area contributed by atoms with Crippen molar-refractivity contribution in [2.24, 2.45) is 17.8 Å². The molecule has 1 aromatic rings. The highest BCUT2D eigenvalue weighted by molar-refractivity contribution is 5.82. The van der Waals surface area contributed by atoms with Gasteiger partial charge < -0.3 is 4.74 Å². The molecule has 2 bridgehead atoms. The molecule has 3 rings (SSSR count). The van der Waals surface area contributed by atoms with Crippen molar-refractivity contribution < 1.29 is 14.3 Å². The topological polar surface area (TPSA) is 67.4 Å². The van der Waals surface area contributed by atoms with Crippen molar-refractivity contribution in [3.8, 4) is 5.75 Å². The Kier molecular flexibility index (Phi) is 4.84. The van der Waals surface area contributed by atoms with E-state index in [1.165, 1.54) is 25.7 Å². The Morgan fingerprint density at radius 2 is 2.00 bits per heavy atom. The molecule has 124 valence electrons. The lowest BCUT2D eigenvalue weighted by Crippen LogP contribution is -2.44. The summed E-state index contributed by atoms with van der Waals surface area (Å²) in [6.45, 7) is 1.85. The Morgan fingerprint density at radius 3 is 2.70 bits per heavy atom. The van der Waals surface area contributed by atoms with Gasteiger partial charge in [0.15, 0.2) is 6.61 Å². The number of carbonyl (C=O) groups excluding carboxylic acids is 2. The molecule has 0 heterocycles. The van der Waals surface area contributed by atoms with E-state index < -0.39 is 0 Å². The van der Waals surface area contributed by atoms with Crippen molar-refractivity contribution in [1.29, 1.82) is 0 Å². The highest BCUT2D eigenvalue weighted by Gasteiger charge is 2.40. The van der Waals surface area contributed by atoms with Crippen LogP contribution < -0.4 is 15.6 Å². The molecule has 2 N–H and O–H groups in total. The number of nitrogens with one attached hydrogen (secondary N) is 2. The molecule has 1 aromatic carbocycles. The van der Waals surface area contributed by atoms with Crippen LogP contribution in [-0.2, 0) is 9.59 Å². The Morgan fingerprint density at radius 1 is 1.17 bits per heavy atom. The average Bonchev–Trinajstić information content (AvgIpc) is 3.14. The molecule has 2 aliphatic carbocycles. The minimum absolute atomic E-state index is 0.105. The molecule has 5 nitrogen and oxygen atoms in total. The van der Waals surface area contributed by atoms with Gasteiger partial charge in [-0.1, -0.05) is 18.6 Å². The smallest absolute Gasteiger partial charge is 0.276 e. The lowest BCUT2D eigenvalue weighted by molar-refractivity contribution is -0.130. The van der Waals surface area contributed by atoms with Crippen molar-refractivity contribution in [3.63, 3.8) is 0 Å². The van der Waals surface area contributed by atoms with Crippen LogP contribution >= 0.6 is 0 Å². The first kappa shape index (κ1) is 15.8. The highest BCUT2D eigenvalue weighted by Crippen LogP contribution is 2.49. The molecule has 3 atom stereocenters. The number of benzene rings is 1. The number of hydrogen-bond acceptors (Lipinski definition) is 3. The number of carbonyl (C=O) groups is 2. The van der Waals surface area contributed by atoms with E-state index >= 15 is 0 Å². The first-order valence-electron chi connectivity index (χ1n) is 8.37. The molecule has 2 fully saturated rings. The fourth-order valence-electron chi connectivity index (χ4n) is 3.95. The third-order valence-electron chi connectivity index (χ3n) is 5.03. The molecule has 23 heavy (non-hydrogen) atoms. The molecular formula is C18H24N2O3. The summed E-state index contributed by atoms with van der Waals surface area (Å²) in [5.41, 5.74) is 5.99. The number of aryl methyl sites for hydroxylation is 1. The summed E-state index contributed by atoms with van der Waals surface area (Å²) < 4.78 is 5.39. The van der Waals surface area contributed by atoms with Gasteiger partial charge in [-0.05, 0) is 61.6 Å². The molecular weight excluding hydrogens is 292 g/mol. The summed E-state index contributed by atoms with van der Waals surface area (Å²) in [6.07, 6.45) is 5.56. The third kappa shape index (κ3) is 4.24. The predicted molar refractivity (Wildman–Crippen MR) is 86.5 cm³/mol. The highest BCUT2D eigenvalue weighted by atomic mass is 16.5. The SMILES string of the molecule is Cc1cccc(OCC(=O)NNC(=O)CC2CC3CCC2C3)c1. The fraction of sp³-hybridized carbons (Fsp3) is 0.556. The zero-order valence-corrected chi connectivity index (χ0v) is 13.5. The van der Waals surface area contributed by atoms with E-state index in [0.29, 0.717) is 24.0 Å². The third-order valence-corrected chi connectivity index (χ3v) is 5.03. The Balaban J connectivity index is 1.34. The van der Waals surface area contributed by atoms with Gasteiger partial charge in [-0.3, -0.25) is 20.4 Å². The summed E-state index contributed by atoms with van der Waals surface area (Å²) in [6, 6.07) is 7.50. The second-order valence-electron chi connectivity index (χ2n) is 6.84. The van der Waals surface area contributed by atoms with Gasteiger partial charge in [0.05, 0.1) is 0 Å². The summed E-state index contributed by atoms with van der Waals surface area (Å²) in [5, 5.41) is 0. The van der Waals surface area contributed by atoms with Crippen LogP contribution in [-0.4, -0.2) is 18.4 Å². The van der Waals surface area contributed by atoms with Gasteiger partial charge in [0.2, 0.25) is 5.91 Å². The summed E-state index contributed by atoms with van der Waals surface area (Å²) >= 11 is 0. The standard InChI is InChI=1S/C18H24N2O3/c1-12-3-2-4-16(7-12)23-11-18(22)20-19-17(21)10-15-9-13-5-6-14(15)8-13/h2-4,7,13-15H,5-6,8-11H2,1H3,(H,19,21)(H,20,22). The predicted octanol–water partition coefficient (Wildman–Crippen LogP) is 2.35. The van der Waals surface area contributed by atoms with E-state index in [2.05, 4.69) is 10.9 Å². The van der Waals surface area contributed by atoms with Gasteiger partial charge in [0.1, 0.15) is 5.75 Å².